The number of para-hydroxylation sites is 1. The number of likely N-dealkylation sites (N-methyl/N-ethyl adjacent to an activating group) is 1. The summed E-state index contributed by atoms with van der Waals surface area (Å²) in [5.41, 5.74) is 2.73. The topological polar surface area (TPSA) is 45.5 Å². The Morgan fingerprint density at radius 2 is 1.86 bits per heavy atom. The second-order valence-corrected chi connectivity index (χ2v) is 7.59. The lowest BCUT2D eigenvalue weighted by molar-refractivity contribution is 0.104. The first-order valence-electron chi connectivity index (χ1n) is 10.3. The maximum atomic E-state index is 12.4. The zero-order valence-corrected chi connectivity index (χ0v) is 17.3. The number of nitrogens with zero attached hydrogens (tertiary/aromatic N) is 2. The predicted octanol–water partition coefficient (Wildman–Crippen LogP) is 4.63. The molecule has 1 N–H and O–H groups in total. The van der Waals surface area contributed by atoms with Crippen LogP contribution in [0.15, 0.2) is 66.9 Å². The van der Waals surface area contributed by atoms with Crippen molar-refractivity contribution >= 4 is 22.8 Å². The van der Waals surface area contributed by atoms with Crippen molar-refractivity contribution in [3.8, 4) is 0 Å². The zero-order valence-electron chi connectivity index (χ0n) is 17.3. The molecule has 0 amide bonds. The molecule has 0 aliphatic rings. The lowest BCUT2D eigenvalue weighted by atomic mass is 10.1. The number of hydrogen-bond donors (Lipinski definition) is 1. The molecule has 0 aliphatic carbocycles. The summed E-state index contributed by atoms with van der Waals surface area (Å²) >= 11 is 0. The van der Waals surface area contributed by atoms with Gasteiger partial charge in [-0.25, -0.2) is 0 Å². The third-order valence-corrected chi connectivity index (χ3v) is 5.12. The van der Waals surface area contributed by atoms with Crippen LogP contribution in [0.3, 0.4) is 0 Å². The van der Waals surface area contributed by atoms with Crippen LogP contribution in [0.5, 0.6) is 0 Å². The second kappa shape index (κ2) is 10.2. The Balaban J connectivity index is 1.76. The Morgan fingerprint density at radius 3 is 2.62 bits per heavy atom. The number of aliphatic hydroxyl groups excluding tert-OH is 1. The van der Waals surface area contributed by atoms with Gasteiger partial charge >= 0.3 is 0 Å². The largest absolute Gasteiger partial charge is 0.390 e. The Bertz CT molecular complexity index is 959. The van der Waals surface area contributed by atoms with Crippen LogP contribution in [-0.4, -0.2) is 46.6 Å². The van der Waals surface area contributed by atoms with Crippen molar-refractivity contribution in [3.05, 3.63) is 78.0 Å². The van der Waals surface area contributed by atoms with Gasteiger partial charge in [0, 0.05) is 41.3 Å². The molecule has 0 spiro atoms. The minimum absolute atomic E-state index is 0.0139. The van der Waals surface area contributed by atoms with Gasteiger partial charge in [-0.2, -0.15) is 0 Å². The van der Waals surface area contributed by atoms with Crippen LogP contribution in [0.25, 0.3) is 17.0 Å². The Labute approximate surface area is 173 Å². The molecule has 0 radical (unpaired) electrons. The molecule has 1 heterocycles. The van der Waals surface area contributed by atoms with E-state index >= 15 is 0 Å². The molecule has 0 aliphatic heterocycles. The van der Waals surface area contributed by atoms with Crippen molar-refractivity contribution in [1.29, 1.82) is 0 Å². The fourth-order valence-corrected chi connectivity index (χ4v) is 3.59. The summed E-state index contributed by atoms with van der Waals surface area (Å²) in [5.74, 6) is -0.0139. The summed E-state index contributed by atoms with van der Waals surface area (Å²) in [6.07, 6.45) is 7.36. The van der Waals surface area contributed by atoms with Crippen LogP contribution < -0.4 is 0 Å². The molecule has 1 atom stereocenters. The number of benzene rings is 2. The molecular weight excluding hydrogens is 360 g/mol. The third kappa shape index (κ3) is 5.66. The van der Waals surface area contributed by atoms with Crippen molar-refractivity contribution in [3.63, 3.8) is 0 Å². The van der Waals surface area contributed by atoms with Crippen molar-refractivity contribution in [2.45, 2.75) is 32.4 Å². The molecule has 4 heteroatoms. The Kier molecular flexibility index (Phi) is 7.39. The van der Waals surface area contributed by atoms with Gasteiger partial charge in [-0.05, 0) is 38.2 Å². The molecule has 0 bridgehead atoms. The van der Waals surface area contributed by atoms with Gasteiger partial charge in [0.05, 0.1) is 6.10 Å². The molecule has 152 valence electrons. The van der Waals surface area contributed by atoms with E-state index in [9.17, 15) is 9.90 Å². The molecule has 0 saturated heterocycles. The van der Waals surface area contributed by atoms with Crippen molar-refractivity contribution in [2.75, 3.05) is 20.1 Å². The third-order valence-electron chi connectivity index (χ3n) is 5.12. The average Bonchev–Trinajstić information content (AvgIpc) is 3.08. The van der Waals surface area contributed by atoms with Gasteiger partial charge in [-0.3, -0.25) is 4.79 Å². The van der Waals surface area contributed by atoms with E-state index < -0.39 is 6.10 Å². The monoisotopic (exact) mass is 390 g/mol. The predicted molar refractivity (Wildman–Crippen MR) is 120 cm³/mol. The molecule has 4 nitrogen and oxygen atoms in total. The Hall–Kier alpha value is -2.69. The molecule has 29 heavy (non-hydrogen) atoms. The molecule has 3 aromatic rings. The van der Waals surface area contributed by atoms with Crippen molar-refractivity contribution in [2.24, 2.45) is 0 Å². The van der Waals surface area contributed by atoms with E-state index in [0.717, 1.165) is 35.9 Å². The van der Waals surface area contributed by atoms with E-state index in [1.165, 1.54) is 0 Å². The van der Waals surface area contributed by atoms with E-state index in [1.54, 1.807) is 6.08 Å². The van der Waals surface area contributed by atoms with Crippen LogP contribution in [-0.2, 0) is 6.54 Å². The number of allylic oxidation sites excluding steroid dienone is 1. The van der Waals surface area contributed by atoms with E-state index in [2.05, 4.69) is 35.6 Å². The number of aromatic nitrogens is 1. The molecule has 0 saturated carbocycles. The van der Waals surface area contributed by atoms with E-state index in [-0.39, 0.29) is 5.78 Å². The summed E-state index contributed by atoms with van der Waals surface area (Å²) in [4.78, 5) is 14.6. The van der Waals surface area contributed by atoms with Gasteiger partial charge < -0.3 is 14.6 Å². The second-order valence-electron chi connectivity index (χ2n) is 7.59. The van der Waals surface area contributed by atoms with E-state index in [1.807, 2.05) is 54.7 Å². The molecule has 3 rings (SSSR count). The number of carbonyl (C=O) groups is 1. The summed E-state index contributed by atoms with van der Waals surface area (Å²) < 4.78 is 2.08. The van der Waals surface area contributed by atoms with Gasteiger partial charge in [-0.1, -0.05) is 61.9 Å². The molecule has 0 fully saturated rings. The minimum Gasteiger partial charge on any atom is -0.390 e. The highest BCUT2D eigenvalue weighted by Crippen LogP contribution is 2.23. The molecular formula is C25H30N2O2. The maximum Gasteiger partial charge on any atom is 0.185 e. The standard InChI is InChI=1S/C25H30N2O2/c1-3-4-16-26(2)18-22(28)19-27-17-21(23-12-8-9-13-24(23)27)14-15-25(29)20-10-6-5-7-11-20/h5-15,17,22,28H,3-4,16,18-19H2,1-2H3/b15-14-/t22-/m1/s1. The number of carbonyl (C=O) groups excluding carboxylic acids is 1. The summed E-state index contributed by atoms with van der Waals surface area (Å²) in [6, 6.07) is 17.4. The Morgan fingerprint density at radius 1 is 1.14 bits per heavy atom. The summed E-state index contributed by atoms with van der Waals surface area (Å²) in [6.45, 7) is 4.34. The molecule has 2 aromatic carbocycles. The summed E-state index contributed by atoms with van der Waals surface area (Å²) in [5, 5.41) is 11.7. The first-order valence-corrected chi connectivity index (χ1v) is 10.3. The fraction of sp³-hybridized carbons (Fsp3) is 0.320. The van der Waals surface area contributed by atoms with Crippen LogP contribution in [0.2, 0.25) is 0 Å². The minimum atomic E-state index is -0.449. The smallest absolute Gasteiger partial charge is 0.185 e. The number of fused-ring (bicyclic) bond motifs is 1. The lowest BCUT2D eigenvalue weighted by Gasteiger charge is -2.21. The molecule has 1 aromatic heterocycles. The normalized spacial score (nSPS) is 12.8. The van der Waals surface area contributed by atoms with Gasteiger partial charge in [0.1, 0.15) is 0 Å². The number of aliphatic hydroxyl groups is 1. The lowest BCUT2D eigenvalue weighted by Crippen LogP contribution is -2.32. The highest BCUT2D eigenvalue weighted by atomic mass is 16.3. The first-order chi connectivity index (χ1) is 14.1. The number of unbranched alkanes of at least 4 members (excludes halogenated alkanes) is 1. The van der Waals surface area contributed by atoms with Gasteiger partial charge in [-0.15, -0.1) is 0 Å². The van der Waals surface area contributed by atoms with E-state index in [0.29, 0.717) is 18.7 Å². The zero-order chi connectivity index (χ0) is 20.6. The van der Waals surface area contributed by atoms with Gasteiger partial charge in [0.15, 0.2) is 5.78 Å². The van der Waals surface area contributed by atoms with Gasteiger partial charge in [0.2, 0.25) is 0 Å². The SMILES string of the molecule is CCCCN(C)C[C@@H](O)Cn1cc(/C=C\C(=O)c2ccccc2)c2ccccc21. The van der Waals surface area contributed by atoms with Crippen molar-refractivity contribution in [1.82, 2.24) is 9.47 Å². The average molecular weight is 391 g/mol. The highest BCUT2D eigenvalue weighted by molar-refractivity contribution is 6.07. The van der Waals surface area contributed by atoms with Crippen LogP contribution in [0.4, 0.5) is 0 Å². The van der Waals surface area contributed by atoms with Crippen LogP contribution in [0.1, 0.15) is 35.7 Å². The van der Waals surface area contributed by atoms with Gasteiger partial charge in [0.25, 0.3) is 0 Å². The maximum absolute atomic E-state index is 12.4. The fourth-order valence-electron chi connectivity index (χ4n) is 3.59. The number of hydrogen-bond acceptors (Lipinski definition) is 3. The number of rotatable bonds is 10. The quantitative estimate of drug-likeness (QED) is 0.405. The van der Waals surface area contributed by atoms with Crippen LogP contribution in [0, 0.1) is 0 Å². The summed E-state index contributed by atoms with van der Waals surface area (Å²) in [7, 11) is 2.05. The van der Waals surface area contributed by atoms with Crippen LogP contribution >= 0.6 is 0 Å². The first kappa shape index (κ1) is 21.0. The van der Waals surface area contributed by atoms with E-state index in [4.69, 9.17) is 0 Å². The molecule has 0 unspecified atom stereocenters. The van der Waals surface area contributed by atoms with Crippen molar-refractivity contribution < 1.29 is 9.90 Å². The number of ketones is 1. The highest BCUT2D eigenvalue weighted by Gasteiger charge is 2.12.